The molecule has 13 nitrogen and oxygen atoms in total. The molecule has 3 fully saturated rings. The lowest BCUT2D eigenvalue weighted by Gasteiger charge is -2.48. The number of aliphatic hydroxyl groups excluding tert-OH is 1. The highest BCUT2D eigenvalue weighted by Crippen LogP contribution is 2.64. The van der Waals surface area contributed by atoms with E-state index in [0.29, 0.717) is 22.3 Å². The van der Waals surface area contributed by atoms with Crippen molar-refractivity contribution < 1.29 is 33.6 Å². The lowest BCUT2D eigenvalue weighted by atomic mass is 9.52. The number of nitro groups is 1. The van der Waals surface area contributed by atoms with Crippen molar-refractivity contribution in [3.05, 3.63) is 105 Å². The number of fused-ring (bicyclic) bond motifs is 5. The Morgan fingerprint density at radius 1 is 1.02 bits per heavy atom. The van der Waals surface area contributed by atoms with Gasteiger partial charge in [-0.25, -0.2) is 4.90 Å². The van der Waals surface area contributed by atoms with Gasteiger partial charge in [0, 0.05) is 35.0 Å². The summed E-state index contributed by atoms with van der Waals surface area (Å²) in [5.41, 5.74) is 1.00. The van der Waals surface area contributed by atoms with Gasteiger partial charge in [0.25, 0.3) is 5.69 Å². The number of imide groups is 2. The van der Waals surface area contributed by atoms with Crippen molar-refractivity contribution in [1.82, 2.24) is 9.78 Å². The normalized spacial score (nSPS) is 26.4. The van der Waals surface area contributed by atoms with Crippen LogP contribution in [0, 0.1) is 46.1 Å². The van der Waals surface area contributed by atoms with Crippen LogP contribution in [0.25, 0.3) is 20.7 Å². The van der Waals surface area contributed by atoms with Gasteiger partial charge in [-0.2, -0.15) is 5.10 Å². The lowest BCUT2D eigenvalue weighted by molar-refractivity contribution is -0.384. The van der Waals surface area contributed by atoms with Crippen LogP contribution in [-0.2, 0) is 32.8 Å². The van der Waals surface area contributed by atoms with Crippen molar-refractivity contribution in [1.29, 1.82) is 0 Å². The van der Waals surface area contributed by atoms with E-state index in [0.717, 1.165) is 31.0 Å². The number of halogens is 1. The van der Waals surface area contributed by atoms with Crippen molar-refractivity contribution in [3.8, 4) is 10.6 Å². The third-order valence-electron chi connectivity index (χ3n) is 11.9. The molecule has 274 valence electrons. The second kappa shape index (κ2) is 12.0. The van der Waals surface area contributed by atoms with Crippen LogP contribution < -0.4 is 9.80 Å². The van der Waals surface area contributed by atoms with Crippen LogP contribution in [-0.4, -0.2) is 43.4 Å². The minimum atomic E-state index is -1.35. The fourth-order valence-corrected chi connectivity index (χ4v) is 10.7. The molecule has 0 spiro atoms. The van der Waals surface area contributed by atoms with Gasteiger partial charge in [-0.1, -0.05) is 23.3 Å². The highest BCUT2D eigenvalue weighted by atomic mass is 35.5. The predicted octanol–water partition coefficient (Wildman–Crippen LogP) is 6.69. The summed E-state index contributed by atoms with van der Waals surface area (Å²) in [6, 6.07) is 16.0. The van der Waals surface area contributed by atoms with Crippen LogP contribution in [0.15, 0.2) is 76.7 Å². The summed E-state index contributed by atoms with van der Waals surface area (Å²) in [6.45, 7) is 3.36. The van der Waals surface area contributed by atoms with Gasteiger partial charge in [-0.3, -0.25) is 38.9 Å². The zero-order valence-electron chi connectivity index (χ0n) is 29.2. The first-order valence-corrected chi connectivity index (χ1v) is 18.7. The number of allylic oxidation sites excluding steroid dienone is 2. The number of carbonyl (C=O) groups excluding carboxylic acids is 4. The third-order valence-corrected chi connectivity index (χ3v) is 13.5. The number of aryl methyl sites for hydroxylation is 2. The van der Waals surface area contributed by atoms with Crippen molar-refractivity contribution in [2.75, 3.05) is 9.80 Å². The molecule has 1 saturated carbocycles. The first-order valence-electron chi connectivity index (χ1n) is 17.5. The van der Waals surface area contributed by atoms with E-state index in [1.54, 1.807) is 32.2 Å². The van der Waals surface area contributed by atoms with Crippen LogP contribution in [0.4, 0.5) is 17.2 Å². The number of nitrogens with zero attached hydrogens (tertiary/aromatic N) is 5. The maximum absolute atomic E-state index is 15.0. The van der Waals surface area contributed by atoms with Crippen LogP contribution in [0.3, 0.4) is 0 Å². The van der Waals surface area contributed by atoms with Crippen LogP contribution in [0.2, 0.25) is 5.02 Å². The molecule has 2 aromatic carbocycles. The van der Waals surface area contributed by atoms with E-state index in [1.807, 2.05) is 31.2 Å². The number of thiophene rings is 1. The molecule has 6 atom stereocenters. The molecule has 0 bridgehead atoms. The Morgan fingerprint density at radius 3 is 2.48 bits per heavy atom. The molecule has 2 aliphatic heterocycles. The molecular formula is C39H32ClN5O8S. The van der Waals surface area contributed by atoms with E-state index < -0.39 is 63.6 Å². The summed E-state index contributed by atoms with van der Waals surface area (Å²) < 4.78 is 8.67. The summed E-state index contributed by atoms with van der Waals surface area (Å²) in [5, 5.41) is 27.6. The van der Waals surface area contributed by atoms with Crippen molar-refractivity contribution in [3.63, 3.8) is 0 Å². The first-order chi connectivity index (χ1) is 25.8. The van der Waals surface area contributed by atoms with Gasteiger partial charge in [-0.05, 0) is 86.0 Å². The van der Waals surface area contributed by atoms with Crippen molar-refractivity contribution in [2.45, 2.75) is 39.2 Å². The van der Waals surface area contributed by atoms with E-state index in [2.05, 4.69) is 0 Å². The standard InChI is InChI=1S/C39H32ClN5O8S/c1-18-25-14-19(40)4-13-30(25)54-34(18)28-16-31(42(3)41-28)44-36(48)27-15-26-23(33(39(27,2)38(44)50)29-12-9-22(17-46)53-29)10-11-24-32(26)37(49)43(35(24)47)20-5-7-21(8-6-20)45(51)52/h4-10,12-14,16,24,26-27,32-33,46H,11,15,17H2,1-3H3/t24-,26+,27-,32-,33+,39+/m0/s1. The van der Waals surface area contributed by atoms with E-state index in [1.165, 1.54) is 45.2 Å². The summed E-state index contributed by atoms with van der Waals surface area (Å²) in [7, 11) is 1.68. The molecule has 2 aliphatic carbocycles. The molecule has 1 N–H and O–H groups in total. The van der Waals surface area contributed by atoms with E-state index >= 15 is 0 Å². The molecule has 0 radical (unpaired) electrons. The number of furan rings is 1. The average Bonchev–Trinajstić information content (AvgIpc) is 3.95. The second-order valence-electron chi connectivity index (χ2n) is 14.6. The molecule has 15 heteroatoms. The number of aliphatic hydroxyl groups is 1. The molecule has 4 amide bonds. The molecule has 3 aromatic heterocycles. The van der Waals surface area contributed by atoms with Gasteiger partial charge >= 0.3 is 0 Å². The molecule has 4 aliphatic rings. The maximum Gasteiger partial charge on any atom is 0.269 e. The lowest BCUT2D eigenvalue weighted by Crippen LogP contribution is -2.48. The van der Waals surface area contributed by atoms with Crippen molar-refractivity contribution >= 4 is 73.8 Å². The minimum absolute atomic E-state index is 0.128. The van der Waals surface area contributed by atoms with Gasteiger partial charge in [0.2, 0.25) is 23.6 Å². The Balaban J connectivity index is 1.12. The van der Waals surface area contributed by atoms with Gasteiger partial charge in [0.1, 0.15) is 29.6 Å². The zero-order valence-corrected chi connectivity index (χ0v) is 30.8. The molecule has 9 rings (SSSR count). The smallest absolute Gasteiger partial charge is 0.269 e. The summed E-state index contributed by atoms with van der Waals surface area (Å²) in [6.07, 6.45) is 2.25. The van der Waals surface area contributed by atoms with Gasteiger partial charge < -0.3 is 9.52 Å². The first kappa shape index (κ1) is 34.3. The molecule has 5 aromatic rings. The molecule has 5 heterocycles. The number of carbonyl (C=O) groups is 4. The number of non-ortho nitro benzene ring substituents is 1. The highest BCUT2D eigenvalue weighted by Gasteiger charge is 2.68. The number of amides is 4. The molecular weight excluding hydrogens is 734 g/mol. The van der Waals surface area contributed by atoms with Crippen LogP contribution >= 0.6 is 22.9 Å². The quantitative estimate of drug-likeness (QED) is 0.0857. The monoisotopic (exact) mass is 765 g/mol. The number of benzene rings is 2. The number of hydrogen-bond acceptors (Lipinski definition) is 10. The van der Waals surface area contributed by atoms with Gasteiger partial charge in [0.05, 0.1) is 44.6 Å². The Hall–Kier alpha value is -5.44. The minimum Gasteiger partial charge on any atom is -0.463 e. The predicted molar refractivity (Wildman–Crippen MR) is 199 cm³/mol. The number of anilines is 2. The fourth-order valence-electron chi connectivity index (χ4n) is 9.36. The largest absolute Gasteiger partial charge is 0.463 e. The maximum atomic E-state index is 15.0. The Labute approximate surface area is 316 Å². The second-order valence-corrected chi connectivity index (χ2v) is 16.1. The van der Waals surface area contributed by atoms with E-state index in [4.69, 9.17) is 21.1 Å². The number of rotatable bonds is 6. The molecule has 0 unspecified atom stereocenters. The summed E-state index contributed by atoms with van der Waals surface area (Å²) >= 11 is 7.83. The Kier molecular flexibility index (Phi) is 7.65. The average molecular weight is 766 g/mol. The zero-order chi connectivity index (χ0) is 38.0. The molecule has 2 saturated heterocycles. The van der Waals surface area contributed by atoms with Gasteiger partial charge in [-0.15, -0.1) is 11.3 Å². The number of aromatic nitrogens is 2. The highest BCUT2D eigenvalue weighted by molar-refractivity contribution is 7.22. The fraction of sp³-hybridized carbons (Fsp3) is 0.308. The SMILES string of the molecule is Cc1c(-c2cc(N3C(=O)[C@@H]4C[C@@H]5C(=CC[C@@H]6C(=O)N(c7ccc([N+](=O)[O-])cc7)C(=O)[C@@H]65)[C@H](c5ccc(CO)o5)[C@]4(C)C3=O)n(C)n2)sc2ccc(Cl)cc12. The Bertz CT molecular complexity index is 2520. The van der Waals surface area contributed by atoms with Crippen molar-refractivity contribution in [2.24, 2.45) is 36.1 Å². The van der Waals surface area contributed by atoms with E-state index in [-0.39, 0.29) is 36.6 Å². The summed E-state index contributed by atoms with van der Waals surface area (Å²) in [5.74, 6) is -4.66. The summed E-state index contributed by atoms with van der Waals surface area (Å²) in [4.78, 5) is 71.8. The van der Waals surface area contributed by atoms with E-state index in [9.17, 15) is 34.4 Å². The number of nitro benzene ring substituents is 1. The Morgan fingerprint density at radius 2 is 1.78 bits per heavy atom. The van der Waals surface area contributed by atoms with Gasteiger partial charge in [0.15, 0.2) is 0 Å². The number of hydrogen-bond donors (Lipinski definition) is 1. The molecule has 54 heavy (non-hydrogen) atoms. The van der Waals surface area contributed by atoms with Crippen LogP contribution in [0.5, 0.6) is 0 Å². The van der Waals surface area contributed by atoms with Crippen LogP contribution in [0.1, 0.15) is 42.8 Å². The third kappa shape index (κ3) is 4.69. The topological polar surface area (TPSA) is 169 Å².